The molecular weight excluding hydrogens is 561 g/mol. The van der Waals surface area contributed by atoms with Gasteiger partial charge in [-0.3, -0.25) is 14.4 Å². The molecular formula is C29H42FN7O4S. The van der Waals surface area contributed by atoms with Crippen molar-refractivity contribution in [2.75, 3.05) is 57.4 Å². The average molecular weight is 604 g/mol. The fraction of sp³-hybridized carbons (Fsp3) is 0.621. The topological polar surface area (TPSA) is 122 Å². The first-order chi connectivity index (χ1) is 20.3. The maximum atomic E-state index is 14.1. The Bertz CT molecular complexity index is 1200. The van der Waals surface area contributed by atoms with Crippen molar-refractivity contribution in [3.05, 3.63) is 41.5 Å². The van der Waals surface area contributed by atoms with E-state index in [1.165, 1.54) is 25.0 Å². The first-order valence-electron chi connectivity index (χ1n) is 14.8. The van der Waals surface area contributed by atoms with Gasteiger partial charge in [0.1, 0.15) is 24.2 Å². The maximum absolute atomic E-state index is 14.1. The number of carbonyl (C=O) groups excluding carboxylic acids is 3. The number of thioether (sulfide) groups is 1. The highest BCUT2D eigenvalue weighted by molar-refractivity contribution is 7.99. The van der Waals surface area contributed by atoms with Gasteiger partial charge in [-0.2, -0.15) is 11.8 Å². The number of hydrogen-bond donors (Lipinski definition) is 2. The molecule has 0 aliphatic carbocycles. The number of halogens is 1. The highest BCUT2D eigenvalue weighted by Crippen LogP contribution is 2.21. The second-order valence-electron chi connectivity index (χ2n) is 11.1. The van der Waals surface area contributed by atoms with Crippen LogP contribution in [0.25, 0.3) is 0 Å². The molecule has 2 aliphatic heterocycles. The number of ether oxygens (including phenoxy) is 1. The minimum Gasteiger partial charge on any atom is -0.491 e. The zero-order valence-electron chi connectivity index (χ0n) is 24.5. The Balaban J connectivity index is 1.45. The Morgan fingerprint density at radius 1 is 1.17 bits per heavy atom. The lowest BCUT2D eigenvalue weighted by atomic mass is 10.0. The SMILES string of the molecule is CC(C)C[C@H]1NC(=O)c2cc(F)ccc2OCCn2cc(nn2)CCN(C(=O)CSCCN2CCCC2)CCNC1=O. The summed E-state index contributed by atoms with van der Waals surface area (Å²) in [6.45, 7) is 8.70. The Hall–Kier alpha value is -3.19. The standard InChI is InChI=1S/C29H42FN7O4S/c1-21(2)17-25-29(40)31-8-12-36(27(38)20-42-16-14-35-9-3-4-10-35)11-7-23-19-37(34-33-23)13-15-41-26-6-5-22(30)18-24(26)28(39)32-25/h5-6,18-19,21,25H,3-4,7-17,20H2,1-2H3,(H,31,40)(H,32,39)/t25-/m1/s1. The summed E-state index contributed by atoms with van der Waals surface area (Å²) in [7, 11) is 0. The number of aromatic nitrogens is 3. The molecule has 2 aliphatic rings. The molecule has 1 fully saturated rings. The molecule has 1 saturated heterocycles. The third kappa shape index (κ3) is 9.69. The Morgan fingerprint density at radius 3 is 2.76 bits per heavy atom. The Labute approximate surface area is 250 Å². The van der Waals surface area contributed by atoms with Gasteiger partial charge in [0.15, 0.2) is 0 Å². The first kappa shape index (κ1) is 31.7. The van der Waals surface area contributed by atoms with E-state index >= 15 is 0 Å². The van der Waals surface area contributed by atoms with E-state index in [4.69, 9.17) is 4.74 Å². The predicted molar refractivity (Wildman–Crippen MR) is 159 cm³/mol. The number of rotatable bonds is 7. The highest BCUT2D eigenvalue weighted by Gasteiger charge is 2.25. The van der Waals surface area contributed by atoms with Gasteiger partial charge in [-0.15, -0.1) is 5.10 Å². The summed E-state index contributed by atoms with van der Waals surface area (Å²) in [6.07, 6.45) is 5.21. The van der Waals surface area contributed by atoms with Crippen LogP contribution in [0.5, 0.6) is 5.75 Å². The Kier molecular flexibility index (Phi) is 12.0. The monoisotopic (exact) mass is 603 g/mol. The second kappa shape index (κ2) is 15.9. The summed E-state index contributed by atoms with van der Waals surface area (Å²) in [6, 6.07) is 2.90. The van der Waals surface area contributed by atoms with Crippen molar-refractivity contribution in [1.29, 1.82) is 0 Å². The average Bonchev–Trinajstić information content (AvgIpc) is 3.64. The lowest BCUT2D eigenvalue weighted by Crippen LogP contribution is -2.49. The molecule has 3 heterocycles. The van der Waals surface area contributed by atoms with Crippen molar-refractivity contribution >= 4 is 29.5 Å². The molecule has 0 radical (unpaired) electrons. The number of likely N-dealkylation sites (tertiary alicyclic amines) is 1. The lowest BCUT2D eigenvalue weighted by molar-refractivity contribution is -0.129. The van der Waals surface area contributed by atoms with Gasteiger partial charge >= 0.3 is 0 Å². The van der Waals surface area contributed by atoms with Crippen molar-refractivity contribution in [3.8, 4) is 5.75 Å². The number of benzene rings is 1. The van der Waals surface area contributed by atoms with Crippen LogP contribution in [-0.2, 0) is 22.6 Å². The van der Waals surface area contributed by atoms with E-state index in [1.54, 1.807) is 27.5 Å². The van der Waals surface area contributed by atoms with E-state index in [9.17, 15) is 18.8 Å². The van der Waals surface area contributed by atoms with E-state index in [0.717, 1.165) is 37.1 Å². The molecule has 2 N–H and O–H groups in total. The molecule has 1 aromatic heterocycles. The van der Waals surface area contributed by atoms with Crippen LogP contribution < -0.4 is 15.4 Å². The van der Waals surface area contributed by atoms with Crippen LogP contribution in [0.3, 0.4) is 0 Å². The van der Waals surface area contributed by atoms with Crippen LogP contribution in [0.2, 0.25) is 0 Å². The van der Waals surface area contributed by atoms with Crippen molar-refractivity contribution in [2.24, 2.45) is 5.92 Å². The summed E-state index contributed by atoms with van der Waals surface area (Å²) in [5, 5.41) is 14.0. The molecule has 13 heteroatoms. The van der Waals surface area contributed by atoms with Crippen molar-refractivity contribution < 1.29 is 23.5 Å². The smallest absolute Gasteiger partial charge is 0.255 e. The largest absolute Gasteiger partial charge is 0.491 e. The van der Waals surface area contributed by atoms with Crippen molar-refractivity contribution in [1.82, 2.24) is 35.4 Å². The first-order valence-corrected chi connectivity index (χ1v) is 15.9. The summed E-state index contributed by atoms with van der Waals surface area (Å²) in [5.74, 6) is 0.0690. The number of nitrogens with one attached hydrogen (secondary N) is 2. The van der Waals surface area contributed by atoms with Gasteiger partial charge in [-0.1, -0.05) is 19.1 Å². The van der Waals surface area contributed by atoms with Gasteiger partial charge in [0.05, 0.1) is 23.6 Å². The number of hydrogen-bond acceptors (Lipinski definition) is 8. The lowest BCUT2D eigenvalue weighted by Gasteiger charge is -2.25. The molecule has 0 unspecified atom stereocenters. The second-order valence-corrected chi connectivity index (χ2v) is 12.2. The molecule has 2 bridgehead atoms. The summed E-state index contributed by atoms with van der Waals surface area (Å²) >= 11 is 1.63. The number of amides is 3. The molecule has 230 valence electrons. The minimum atomic E-state index is -0.831. The van der Waals surface area contributed by atoms with Gasteiger partial charge in [-0.25, -0.2) is 9.07 Å². The van der Waals surface area contributed by atoms with Crippen LogP contribution in [0.1, 0.15) is 49.2 Å². The van der Waals surface area contributed by atoms with Gasteiger partial charge < -0.3 is 25.2 Å². The molecule has 1 atom stereocenters. The van der Waals surface area contributed by atoms with Crippen LogP contribution in [0, 0.1) is 11.7 Å². The van der Waals surface area contributed by atoms with Crippen LogP contribution in [0.15, 0.2) is 24.4 Å². The van der Waals surface area contributed by atoms with Gasteiger partial charge in [0, 0.05) is 44.5 Å². The predicted octanol–water partition coefficient (Wildman–Crippen LogP) is 1.97. The quantitative estimate of drug-likeness (QED) is 0.461. The Morgan fingerprint density at radius 2 is 1.98 bits per heavy atom. The minimum absolute atomic E-state index is 0.0101. The van der Waals surface area contributed by atoms with Crippen LogP contribution in [0.4, 0.5) is 4.39 Å². The van der Waals surface area contributed by atoms with Crippen molar-refractivity contribution in [3.63, 3.8) is 0 Å². The zero-order chi connectivity index (χ0) is 29.9. The fourth-order valence-corrected chi connectivity index (χ4v) is 5.94. The highest BCUT2D eigenvalue weighted by atomic mass is 32.2. The third-order valence-electron chi connectivity index (χ3n) is 7.33. The van der Waals surface area contributed by atoms with E-state index in [2.05, 4.69) is 25.8 Å². The van der Waals surface area contributed by atoms with Gasteiger partial charge in [-0.05, 0) is 56.5 Å². The fourth-order valence-electron chi connectivity index (χ4n) is 5.05. The molecule has 2 aromatic rings. The maximum Gasteiger partial charge on any atom is 0.255 e. The van der Waals surface area contributed by atoms with E-state index < -0.39 is 17.8 Å². The summed E-state index contributed by atoms with van der Waals surface area (Å²) in [4.78, 5) is 43.8. The zero-order valence-corrected chi connectivity index (χ0v) is 25.3. The molecule has 3 amide bonds. The normalized spacial score (nSPS) is 19.4. The molecule has 11 nitrogen and oxygen atoms in total. The van der Waals surface area contributed by atoms with Crippen LogP contribution in [-0.4, -0.2) is 106 Å². The van der Waals surface area contributed by atoms with Crippen LogP contribution >= 0.6 is 11.8 Å². The van der Waals surface area contributed by atoms with Crippen molar-refractivity contribution in [2.45, 2.75) is 52.1 Å². The van der Waals surface area contributed by atoms with E-state index in [-0.39, 0.29) is 42.2 Å². The molecule has 0 saturated carbocycles. The van der Waals surface area contributed by atoms with Gasteiger partial charge in [0.25, 0.3) is 5.91 Å². The van der Waals surface area contributed by atoms with E-state index in [0.29, 0.717) is 38.2 Å². The molecule has 4 rings (SSSR count). The third-order valence-corrected chi connectivity index (χ3v) is 8.25. The van der Waals surface area contributed by atoms with E-state index in [1.807, 2.05) is 13.8 Å². The number of carbonyl (C=O) groups is 3. The number of nitrogens with zero attached hydrogens (tertiary/aromatic N) is 5. The molecule has 1 aromatic carbocycles. The molecule has 42 heavy (non-hydrogen) atoms. The number of fused-ring (bicyclic) bond motifs is 3. The summed E-state index contributed by atoms with van der Waals surface area (Å²) < 4.78 is 21.6. The van der Waals surface area contributed by atoms with Gasteiger partial charge in [0.2, 0.25) is 11.8 Å². The molecule has 0 spiro atoms. The summed E-state index contributed by atoms with van der Waals surface area (Å²) in [5.41, 5.74) is 0.745.